The molecule has 1 aliphatic rings. The summed E-state index contributed by atoms with van der Waals surface area (Å²) >= 11 is 1.55. The second-order valence-corrected chi connectivity index (χ2v) is 6.34. The van der Waals surface area contributed by atoms with Crippen molar-refractivity contribution >= 4 is 21.6 Å². The van der Waals surface area contributed by atoms with Crippen molar-refractivity contribution in [3.63, 3.8) is 0 Å². The van der Waals surface area contributed by atoms with Crippen LogP contribution < -0.4 is 0 Å². The first-order valence-electron chi connectivity index (χ1n) is 4.38. The van der Waals surface area contributed by atoms with Crippen molar-refractivity contribution in [2.24, 2.45) is 0 Å². The molecule has 0 N–H and O–H groups in total. The highest BCUT2D eigenvalue weighted by molar-refractivity contribution is 7.98. The quantitative estimate of drug-likeness (QED) is 0.741. The van der Waals surface area contributed by atoms with E-state index in [-0.39, 0.29) is 10.3 Å². The van der Waals surface area contributed by atoms with Crippen LogP contribution in [0.15, 0.2) is 28.3 Å². The zero-order valence-electron chi connectivity index (χ0n) is 7.80. The van der Waals surface area contributed by atoms with Gasteiger partial charge in [0.2, 0.25) is 0 Å². The molecule has 0 saturated heterocycles. The van der Waals surface area contributed by atoms with E-state index in [1.807, 2.05) is 6.26 Å². The number of thioether (sulfide) groups is 1. The van der Waals surface area contributed by atoms with Crippen molar-refractivity contribution in [2.45, 2.75) is 28.0 Å². The standard InChI is InChI=1S/C9H11NO2S2/c1-13-7-2-5-9(10-6-7)14(11,12)8-3-4-8/h2,5-6,8H,3-4H2,1H3. The van der Waals surface area contributed by atoms with E-state index in [9.17, 15) is 8.42 Å². The van der Waals surface area contributed by atoms with Gasteiger partial charge in [0.05, 0.1) is 5.25 Å². The van der Waals surface area contributed by atoms with Crippen LogP contribution >= 0.6 is 11.8 Å². The van der Waals surface area contributed by atoms with Gasteiger partial charge in [-0.05, 0) is 31.2 Å². The fourth-order valence-corrected chi connectivity index (χ4v) is 3.12. The molecule has 1 saturated carbocycles. The Morgan fingerprint density at radius 1 is 1.43 bits per heavy atom. The van der Waals surface area contributed by atoms with Crippen LogP contribution in [0.1, 0.15) is 12.8 Å². The molecular formula is C9H11NO2S2. The monoisotopic (exact) mass is 229 g/mol. The first kappa shape index (κ1) is 9.98. The summed E-state index contributed by atoms with van der Waals surface area (Å²) in [5.74, 6) is 0. The fraction of sp³-hybridized carbons (Fsp3) is 0.444. The smallest absolute Gasteiger partial charge is 0.198 e. The number of sulfone groups is 1. The van der Waals surface area contributed by atoms with E-state index in [4.69, 9.17) is 0 Å². The molecule has 2 rings (SSSR count). The summed E-state index contributed by atoms with van der Waals surface area (Å²) in [6, 6.07) is 3.40. The molecule has 0 aliphatic heterocycles. The Morgan fingerprint density at radius 3 is 2.57 bits per heavy atom. The van der Waals surface area contributed by atoms with Crippen LogP contribution in [-0.4, -0.2) is 24.9 Å². The normalized spacial score (nSPS) is 16.9. The van der Waals surface area contributed by atoms with E-state index in [0.29, 0.717) is 0 Å². The molecule has 1 fully saturated rings. The first-order valence-corrected chi connectivity index (χ1v) is 7.15. The maximum absolute atomic E-state index is 11.7. The lowest BCUT2D eigenvalue weighted by Crippen LogP contribution is -2.08. The summed E-state index contributed by atoms with van der Waals surface area (Å²) in [5, 5.41) is 0.0490. The van der Waals surface area contributed by atoms with Crippen molar-refractivity contribution in [1.82, 2.24) is 4.98 Å². The Hall–Kier alpha value is -0.550. The van der Waals surface area contributed by atoms with E-state index in [0.717, 1.165) is 17.7 Å². The lowest BCUT2D eigenvalue weighted by Gasteiger charge is -2.01. The largest absolute Gasteiger partial charge is 0.244 e. The van der Waals surface area contributed by atoms with Crippen LogP contribution in [-0.2, 0) is 9.84 Å². The molecule has 14 heavy (non-hydrogen) atoms. The van der Waals surface area contributed by atoms with Gasteiger partial charge in [-0.2, -0.15) is 0 Å². The van der Waals surface area contributed by atoms with Crippen molar-refractivity contribution in [2.75, 3.05) is 6.26 Å². The molecule has 0 radical (unpaired) electrons. The average Bonchev–Trinajstić information content (AvgIpc) is 3.01. The highest BCUT2D eigenvalue weighted by Gasteiger charge is 2.37. The van der Waals surface area contributed by atoms with Gasteiger partial charge in [-0.3, -0.25) is 0 Å². The van der Waals surface area contributed by atoms with E-state index < -0.39 is 9.84 Å². The van der Waals surface area contributed by atoms with Gasteiger partial charge in [-0.1, -0.05) is 0 Å². The van der Waals surface area contributed by atoms with Gasteiger partial charge < -0.3 is 0 Å². The summed E-state index contributed by atoms with van der Waals surface area (Å²) in [6.07, 6.45) is 5.12. The molecule has 0 atom stereocenters. The van der Waals surface area contributed by atoms with Gasteiger partial charge in [0, 0.05) is 11.1 Å². The molecule has 0 spiro atoms. The maximum atomic E-state index is 11.7. The summed E-state index contributed by atoms with van der Waals surface area (Å²) in [6.45, 7) is 0. The molecule has 0 aromatic carbocycles. The molecule has 1 aromatic rings. The Bertz CT molecular complexity index is 421. The highest BCUT2D eigenvalue weighted by Crippen LogP contribution is 2.32. The summed E-state index contributed by atoms with van der Waals surface area (Å²) in [5.41, 5.74) is 0. The van der Waals surface area contributed by atoms with Gasteiger partial charge in [-0.25, -0.2) is 13.4 Å². The number of rotatable bonds is 3. The minimum absolute atomic E-state index is 0.171. The topological polar surface area (TPSA) is 47.0 Å². The molecule has 0 amide bonds. The molecule has 76 valence electrons. The second kappa shape index (κ2) is 3.55. The molecule has 1 heterocycles. The Balaban J connectivity index is 2.33. The van der Waals surface area contributed by atoms with Crippen LogP contribution in [0.4, 0.5) is 0 Å². The molecule has 1 aromatic heterocycles. The van der Waals surface area contributed by atoms with Gasteiger partial charge in [0.15, 0.2) is 14.9 Å². The van der Waals surface area contributed by atoms with E-state index in [2.05, 4.69) is 4.98 Å². The minimum atomic E-state index is -3.11. The van der Waals surface area contributed by atoms with E-state index >= 15 is 0 Å². The van der Waals surface area contributed by atoms with E-state index in [1.54, 1.807) is 30.1 Å². The zero-order chi connectivity index (χ0) is 10.2. The van der Waals surface area contributed by atoms with Crippen LogP contribution in [0.25, 0.3) is 0 Å². The summed E-state index contributed by atoms with van der Waals surface area (Å²) < 4.78 is 23.4. The third-order valence-electron chi connectivity index (χ3n) is 2.20. The van der Waals surface area contributed by atoms with Crippen LogP contribution in [0.2, 0.25) is 0 Å². The number of aromatic nitrogens is 1. The molecule has 0 unspecified atom stereocenters. The van der Waals surface area contributed by atoms with Crippen molar-refractivity contribution in [3.8, 4) is 0 Å². The number of nitrogens with zero attached hydrogens (tertiary/aromatic N) is 1. The summed E-state index contributed by atoms with van der Waals surface area (Å²) in [7, 11) is -3.11. The second-order valence-electron chi connectivity index (χ2n) is 3.28. The van der Waals surface area contributed by atoms with Crippen LogP contribution in [0.5, 0.6) is 0 Å². The van der Waals surface area contributed by atoms with Crippen molar-refractivity contribution in [1.29, 1.82) is 0 Å². The third-order valence-corrected chi connectivity index (χ3v) is 5.09. The lowest BCUT2D eigenvalue weighted by molar-refractivity contribution is 0.591. The summed E-state index contributed by atoms with van der Waals surface area (Å²) in [4.78, 5) is 4.96. The average molecular weight is 229 g/mol. The van der Waals surface area contributed by atoms with Crippen LogP contribution in [0.3, 0.4) is 0 Å². The van der Waals surface area contributed by atoms with Crippen LogP contribution in [0, 0.1) is 0 Å². The van der Waals surface area contributed by atoms with Crippen molar-refractivity contribution in [3.05, 3.63) is 18.3 Å². The lowest BCUT2D eigenvalue weighted by atomic mass is 10.5. The SMILES string of the molecule is CSc1ccc(S(=O)(=O)C2CC2)nc1. The van der Waals surface area contributed by atoms with E-state index in [1.165, 1.54) is 0 Å². The maximum Gasteiger partial charge on any atom is 0.198 e. The zero-order valence-corrected chi connectivity index (χ0v) is 9.44. The van der Waals surface area contributed by atoms with Gasteiger partial charge in [0.1, 0.15) is 0 Å². The first-order chi connectivity index (χ1) is 6.64. The number of hydrogen-bond donors (Lipinski definition) is 0. The molecule has 1 aliphatic carbocycles. The fourth-order valence-electron chi connectivity index (χ4n) is 1.20. The third kappa shape index (κ3) is 1.79. The molecular weight excluding hydrogens is 218 g/mol. The Morgan fingerprint density at radius 2 is 2.14 bits per heavy atom. The van der Waals surface area contributed by atoms with Gasteiger partial charge in [-0.15, -0.1) is 11.8 Å². The van der Waals surface area contributed by atoms with Gasteiger partial charge in [0.25, 0.3) is 0 Å². The minimum Gasteiger partial charge on any atom is -0.244 e. The van der Waals surface area contributed by atoms with Gasteiger partial charge >= 0.3 is 0 Å². The molecule has 0 bridgehead atoms. The predicted molar refractivity (Wildman–Crippen MR) is 56.2 cm³/mol. The Labute approximate surface area is 87.9 Å². The number of hydrogen-bond acceptors (Lipinski definition) is 4. The molecule has 3 nitrogen and oxygen atoms in total. The van der Waals surface area contributed by atoms with Crippen molar-refractivity contribution < 1.29 is 8.42 Å². The highest BCUT2D eigenvalue weighted by atomic mass is 32.2. The Kier molecular flexibility index (Phi) is 2.53. The predicted octanol–water partition coefficient (Wildman–Crippen LogP) is 1.74. The molecule has 5 heteroatoms. The number of pyridine rings is 1.